The van der Waals surface area contributed by atoms with E-state index in [-0.39, 0.29) is 0 Å². The number of pyridine rings is 1. The smallest absolute Gasteiger partial charge is 0.239 e. The number of hydrogen-bond acceptors (Lipinski definition) is 4. The summed E-state index contributed by atoms with van der Waals surface area (Å²) in [6.07, 6.45) is 8.24. The Hall–Kier alpha value is -1.45. The molecule has 0 bridgehead atoms. The van der Waals surface area contributed by atoms with E-state index in [2.05, 4.69) is 22.1 Å². The van der Waals surface area contributed by atoms with Gasteiger partial charge in [-0.1, -0.05) is 13.3 Å². The second kappa shape index (κ2) is 6.82. The van der Waals surface area contributed by atoms with E-state index in [9.17, 15) is 0 Å². The molecule has 4 heteroatoms. The second-order valence-electron chi connectivity index (χ2n) is 5.88. The van der Waals surface area contributed by atoms with Crippen molar-refractivity contribution in [3.8, 4) is 5.88 Å². The van der Waals surface area contributed by atoms with Gasteiger partial charge in [0, 0.05) is 26.3 Å². The predicted molar refractivity (Wildman–Crippen MR) is 84.8 cm³/mol. The molecule has 0 spiro atoms. The molecule has 0 atom stereocenters. The van der Waals surface area contributed by atoms with Crippen LogP contribution in [0.3, 0.4) is 0 Å². The zero-order chi connectivity index (χ0) is 14.5. The molecule has 1 fully saturated rings. The summed E-state index contributed by atoms with van der Waals surface area (Å²) in [6, 6.07) is 2.57. The van der Waals surface area contributed by atoms with Crippen LogP contribution >= 0.6 is 0 Å². The van der Waals surface area contributed by atoms with Gasteiger partial charge in [0.15, 0.2) is 0 Å². The number of anilines is 2. The van der Waals surface area contributed by atoms with Gasteiger partial charge in [0.05, 0.1) is 12.8 Å². The maximum Gasteiger partial charge on any atom is 0.239 e. The minimum absolute atomic E-state index is 0.537. The number of aromatic nitrogens is 1. The molecule has 1 aliphatic rings. The van der Waals surface area contributed by atoms with Crippen LogP contribution in [-0.2, 0) is 0 Å². The first-order valence-electron chi connectivity index (χ1n) is 7.62. The summed E-state index contributed by atoms with van der Waals surface area (Å²) < 4.78 is 5.42. The van der Waals surface area contributed by atoms with E-state index >= 15 is 0 Å². The molecular weight excluding hydrogens is 250 g/mol. The highest BCUT2D eigenvalue weighted by molar-refractivity contribution is 5.74. The summed E-state index contributed by atoms with van der Waals surface area (Å²) in [6.45, 7) is 2.30. The molecule has 20 heavy (non-hydrogen) atoms. The summed E-state index contributed by atoms with van der Waals surface area (Å²) in [5, 5.41) is 3.67. The highest BCUT2D eigenvalue weighted by atomic mass is 16.5. The molecule has 1 heterocycles. The number of methoxy groups -OCH3 is 1. The number of hydrogen-bond donors (Lipinski definition) is 1. The molecule has 0 radical (unpaired) electrons. The lowest BCUT2D eigenvalue weighted by Gasteiger charge is -2.30. The van der Waals surface area contributed by atoms with Gasteiger partial charge in [-0.25, -0.2) is 4.98 Å². The quantitative estimate of drug-likeness (QED) is 0.893. The summed E-state index contributed by atoms with van der Waals surface area (Å²) >= 11 is 0. The number of nitrogens with one attached hydrogen (secondary N) is 1. The van der Waals surface area contributed by atoms with E-state index in [1.165, 1.54) is 32.1 Å². The first-order valence-corrected chi connectivity index (χ1v) is 7.62. The van der Waals surface area contributed by atoms with Crippen molar-refractivity contribution in [1.29, 1.82) is 0 Å². The Morgan fingerprint density at radius 1 is 1.30 bits per heavy atom. The summed E-state index contributed by atoms with van der Waals surface area (Å²) in [5.74, 6) is 1.60. The Morgan fingerprint density at radius 2 is 2.00 bits per heavy atom. The van der Waals surface area contributed by atoms with Gasteiger partial charge in [0.1, 0.15) is 5.69 Å². The van der Waals surface area contributed by atoms with Crippen molar-refractivity contribution in [1.82, 2.24) is 4.98 Å². The van der Waals surface area contributed by atoms with Crippen molar-refractivity contribution in [3.05, 3.63) is 12.3 Å². The zero-order valence-corrected chi connectivity index (χ0v) is 13.1. The van der Waals surface area contributed by atoms with Crippen LogP contribution in [0.2, 0.25) is 0 Å². The molecule has 0 unspecified atom stereocenters. The van der Waals surface area contributed by atoms with Crippen molar-refractivity contribution in [2.75, 3.05) is 31.4 Å². The molecule has 1 aromatic rings. The first-order chi connectivity index (χ1) is 9.65. The molecule has 0 saturated heterocycles. The van der Waals surface area contributed by atoms with Crippen LogP contribution in [0, 0.1) is 5.92 Å². The lowest BCUT2D eigenvalue weighted by atomic mass is 9.84. The van der Waals surface area contributed by atoms with Gasteiger partial charge >= 0.3 is 0 Å². The molecule has 1 N–H and O–H groups in total. The van der Waals surface area contributed by atoms with Gasteiger partial charge in [-0.3, -0.25) is 0 Å². The molecule has 0 aliphatic heterocycles. The van der Waals surface area contributed by atoms with Crippen molar-refractivity contribution in [2.24, 2.45) is 5.92 Å². The third-order valence-electron chi connectivity index (χ3n) is 4.34. The van der Waals surface area contributed by atoms with E-state index in [1.807, 2.05) is 20.2 Å². The van der Waals surface area contributed by atoms with Crippen LogP contribution < -0.4 is 15.0 Å². The molecular formula is C16H27N3O. The van der Waals surface area contributed by atoms with Gasteiger partial charge in [-0.05, 0) is 37.7 Å². The third-order valence-corrected chi connectivity index (χ3v) is 4.34. The predicted octanol–water partition coefficient (Wildman–Crippen LogP) is 3.54. The van der Waals surface area contributed by atoms with Gasteiger partial charge in [0.2, 0.25) is 5.88 Å². The number of rotatable bonds is 5. The molecule has 4 nitrogen and oxygen atoms in total. The molecule has 1 aromatic heterocycles. The molecule has 112 valence electrons. The fourth-order valence-corrected chi connectivity index (χ4v) is 3.02. The molecule has 0 amide bonds. The zero-order valence-electron chi connectivity index (χ0n) is 13.1. The maximum absolute atomic E-state index is 5.42. The van der Waals surface area contributed by atoms with Crippen LogP contribution in [0.15, 0.2) is 12.3 Å². The van der Waals surface area contributed by atoms with Crippen LogP contribution in [-0.4, -0.2) is 32.2 Å². The summed E-state index contributed by atoms with van der Waals surface area (Å²) in [4.78, 5) is 6.43. The van der Waals surface area contributed by atoms with Gasteiger partial charge in [-0.15, -0.1) is 0 Å². The lowest BCUT2D eigenvalue weighted by Crippen LogP contribution is -2.27. The van der Waals surface area contributed by atoms with Crippen LogP contribution in [0.4, 0.5) is 11.4 Å². The number of nitrogens with zero attached hydrogens (tertiary/aromatic N) is 2. The second-order valence-corrected chi connectivity index (χ2v) is 5.88. The standard InChI is InChI=1S/C16H27N3O/c1-5-12-6-8-13(9-7-12)18-15-14(19(2)3)10-11-17-16(15)20-4/h10-13,18H,5-9H2,1-4H3. The largest absolute Gasteiger partial charge is 0.479 e. The van der Waals surface area contributed by atoms with Crippen molar-refractivity contribution < 1.29 is 4.74 Å². The van der Waals surface area contributed by atoms with Crippen molar-refractivity contribution in [2.45, 2.75) is 45.1 Å². The topological polar surface area (TPSA) is 37.4 Å². The van der Waals surface area contributed by atoms with E-state index < -0.39 is 0 Å². The minimum Gasteiger partial charge on any atom is -0.479 e. The number of ether oxygens (including phenoxy) is 1. The van der Waals surface area contributed by atoms with E-state index in [0.717, 1.165) is 17.3 Å². The van der Waals surface area contributed by atoms with Gasteiger partial charge in [0.25, 0.3) is 0 Å². The summed E-state index contributed by atoms with van der Waals surface area (Å²) in [5.41, 5.74) is 2.16. The average Bonchev–Trinajstić information content (AvgIpc) is 2.48. The maximum atomic E-state index is 5.42. The Bertz CT molecular complexity index is 426. The minimum atomic E-state index is 0.537. The Morgan fingerprint density at radius 3 is 2.55 bits per heavy atom. The summed E-state index contributed by atoms with van der Waals surface area (Å²) in [7, 11) is 5.78. The van der Waals surface area contributed by atoms with Gasteiger partial charge < -0.3 is 15.0 Å². The van der Waals surface area contributed by atoms with Crippen molar-refractivity contribution >= 4 is 11.4 Å². The lowest BCUT2D eigenvalue weighted by molar-refractivity contribution is 0.329. The Kier molecular flexibility index (Phi) is 5.10. The SMILES string of the molecule is CCC1CCC(Nc2c(N(C)C)ccnc2OC)CC1. The average molecular weight is 277 g/mol. The van der Waals surface area contributed by atoms with Crippen molar-refractivity contribution in [3.63, 3.8) is 0 Å². The van der Waals surface area contributed by atoms with Crippen LogP contribution in [0.25, 0.3) is 0 Å². The fourth-order valence-electron chi connectivity index (χ4n) is 3.02. The molecule has 1 aliphatic carbocycles. The van der Waals surface area contributed by atoms with E-state index in [1.54, 1.807) is 13.3 Å². The molecule has 2 rings (SSSR count). The molecule has 0 aromatic carbocycles. The van der Waals surface area contributed by atoms with Crippen LogP contribution in [0.5, 0.6) is 5.88 Å². The van der Waals surface area contributed by atoms with Gasteiger partial charge in [-0.2, -0.15) is 0 Å². The third kappa shape index (κ3) is 3.35. The van der Waals surface area contributed by atoms with Crippen LogP contribution in [0.1, 0.15) is 39.0 Å². The first kappa shape index (κ1) is 14.9. The monoisotopic (exact) mass is 277 g/mol. The Balaban J connectivity index is 2.12. The fraction of sp³-hybridized carbons (Fsp3) is 0.688. The highest BCUT2D eigenvalue weighted by Crippen LogP contribution is 2.35. The highest BCUT2D eigenvalue weighted by Gasteiger charge is 2.22. The normalized spacial score (nSPS) is 22.4. The van der Waals surface area contributed by atoms with E-state index in [0.29, 0.717) is 11.9 Å². The van der Waals surface area contributed by atoms with E-state index in [4.69, 9.17) is 4.74 Å². The molecule has 1 saturated carbocycles. The Labute approximate surface area is 122 Å².